The Kier molecular flexibility index (Phi) is 7.52. The van der Waals surface area contributed by atoms with Gasteiger partial charge in [0.25, 0.3) is 11.8 Å². The molecular weight excluding hydrogens is 526 g/mol. The number of fused-ring (bicyclic) bond motifs is 1. The number of amides is 2. The molecule has 1 aliphatic heterocycles. The highest BCUT2D eigenvalue weighted by Gasteiger charge is 2.56. The summed E-state index contributed by atoms with van der Waals surface area (Å²) >= 11 is 1.12. The number of hydroxylamine groups is 1. The normalized spacial score (nSPS) is 22.9. The Hall–Kier alpha value is -2.29. The van der Waals surface area contributed by atoms with E-state index in [4.69, 9.17) is 15.0 Å². The average molecular weight is 549 g/mol. The number of thiophene rings is 1. The maximum absolute atomic E-state index is 14.2. The Balaban J connectivity index is 1.59. The number of phosphoric acid groups is 1. The number of hydrogen-bond donors (Lipinski definition) is 4. The second kappa shape index (κ2) is 9.64. The zero-order chi connectivity index (χ0) is 26.2. The molecule has 0 spiro atoms. The molecule has 3 atom stereocenters. The van der Waals surface area contributed by atoms with Crippen molar-refractivity contribution in [2.45, 2.75) is 36.7 Å². The van der Waals surface area contributed by atoms with Crippen LogP contribution in [-0.2, 0) is 30.3 Å². The van der Waals surface area contributed by atoms with E-state index in [0.29, 0.717) is 15.3 Å². The van der Waals surface area contributed by atoms with Crippen molar-refractivity contribution < 1.29 is 46.5 Å². The van der Waals surface area contributed by atoms with Gasteiger partial charge in [0.15, 0.2) is 14.6 Å². The second-order valence-corrected chi connectivity index (χ2v) is 13.2. The molecular formula is C20H22FN2O9PS2. The first-order valence-corrected chi connectivity index (χ1v) is 14.3. The second-order valence-electron chi connectivity index (χ2n) is 8.46. The van der Waals surface area contributed by atoms with Crippen molar-refractivity contribution in [1.29, 1.82) is 0 Å². The Morgan fingerprint density at radius 3 is 2.71 bits per heavy atom. The van der Waals surface area contributed by atoms with E-state index in [2.05, 4.69) is 28.2 Å². The van der Waals surface area contributed by atoms with Crippen LogP contribution in [0.25, 0.3) is 0 Å². The summed E-state index contributed by atoms with van der Waals surface area (Å²) in [5.41, 5.74) is 0.135. The highest BCUT2D eigenvalue weighted by atomic mass is 32.2. The quantitative estimate of drug-likeness (QED) is 0.157. The van der Waals surface area contributed by atoms with Crippen LogP contribution in [0.15, 0.2) is 6.07 Å². The van der Waals surface area contributed by atoms with Crippen molar-refractivity contribution in [2.75, 3.05) is 19.4 Å². The van der Waals surface area contributed by atoms with Crippen LogP contribution in [0.2, 0.25) is 0 Å². The minimum Gasteiger partial charge on any atom is -0.333 e. The summed E-state index contributed by atoms with van der Waals surface area (Å²) in [5, 5.41) is 8.90. The van der Waals surface area contributed by atoms with Gasteiger partial charge in [-0.15, -0.1) is 11.3 Å². The molecule has 2 aliphatic rings. The van der Waals surface area contributed by atoms with E-state index in [9.17, 15) is 27.0 Å². The first-order valence-electron chi connectivity index (χ1n) is 10.1. The number of halogens is 1. The van der Waals surface area contributed by atoms with Crippen LogP contribution in [0.1, 0.15) is 39.9 Å². The first-order chi connectivity index (χ1) is 16.1. The highest BCUT2D eigenvalue weighted by Crippen LogP contribution is 2.50. The molecule has 0 saturated heterocycles. The van der Waals surface area contributed by atoms with E-state index in [1.807, 2.05) is 0 Å². The van der Waals surface area contributed by atoms with E-state index < -0.39 is 46.5 Å². The Labute approximate surface area is 204 Å². The third-order valence-corrected chi connectivity index (χ3v) is 9.46. The van der Waals surface area contributed by atoms with Crippen LogP contribution in [0, 0.1) is 29.6 Å². The van der Waals surface area contributed by atoms with Gasteiger partial charge in [-0.1, -0.05) is 5.92 Å². The van der Waals surface area contributed by atoms with Gasteiger partial charge in [-0.2, -0.15) is 0 Å². The number of nitrogens with one attached hydrogen (secondary N) is 1. The lowest BCUT2D eigenvalue weighted by Gasteiger charge is -2.27. The van der Waals surface area contributed by atoms with Crippen molar-refractivity contribution >= 4 is 40.8 Å². The van der Waals surface area contributed by atoms with E-state index in [-0.39, 0.29) is 31.8 Å². The van der Waals surface area contributed by atoms with Gasteiger partial charge in [0.05, 0.1) is 22.3 Å². The molecule has 1 aromatic heterocycles. The smallest absolute Gasteiger partial charge is 0.333 e. The molecule has 11 nitrogen and oxygen atoms in total. The molecule has 1 unspecified atom stereocenters. The van der Waals surface area contributed by atoms with Crippen molar-refractivity contribution in [3.8, 4) is 23.7 Å². The number of carbonyl (C=O) groups excluding carboxylic acids is 2. The summed E-state index contributed by atoms with van der Waals surface area (Å²) in [6, 6.07) is 1.69. The summed E-state index contributed by atoms with van der Waals surface area (Å²) in [6.45, 7) is 0.596. The number of hydrogen-bond acceptors (Lipinski definition) is 8. The zero-order valence-electron chi connectivity index (χ0n) is 18.6. The van der Waals surface area contributed by atoms with E-state index >= 15 is 0 Å². The predicted octanol–water partition coefficient (Wildman–Crippen LogP) is 0.595. The highest BCUT2D eigenvalue weighted by molar-refractivity contribution is 7.92. The molecule has 1 aliphatic carbocycles. The summed E-state index contributed by atoms with van der Waals surface area (Å²) in [4.78, 5) is 44.3. The van der Waals surface area contributed by atoms with Gasteiger partial charge in [0.2, 0.25) is 0 Å². The standard InChI is InChI=1S/C20H22FN2O9PS2/c1-19(18(25)22-26,35(2,30)31)7-8-23-11-13-9-15(34-16(13)17(23)24)6-4-3-5-14-10-20(14,21)12-32-33(27,28)29/h9,14,26H,7-8,10-12H2,1-2H3,(H,22,25)(H2,27,28,29)/t14-,19?,20-/m0/s1. The SMILES string of the molecule is CC(CCN1Cc2cc(C#CC#C[C@H]3C[C@]3(F)COP(=O)(O)O)sc2C1=O)(C(=O)NO)S(C)(=O)=O. The topological polar surface area (TPSA) is 171 Å². The van der Waals surface area contributed by atoms with Crippen molar-refractivity contribution in [3.05, 3.63) is 21.4 Å². The summed E-state index contributed by atoms with van der Waals surface area (Å²) < 4.78 is 51.3. The lowest BCUT2D eigenvalue weighted by molar-refractivity contribution is -0.131. The van der Waals surface area contributed by atoms with Gasteiger partial charge in [0.1, 0.15) is 5.67 Å². The average Bonchev–Trinajstić information content (AvgIpc) is 3.08. The molecule has 35 heavy (non-hydrogen) atoms. The van der Waals surface area contributed by atoms with Crippen LogP contribution >= 0.6 is 19.2 Å². The summed E-state index contributed by atoms with van der Waals surface area (Å²) in [6.07, 6.45) is 0.654. The van der Waals surface area contributed by atoms with Crippen molar-refractivity contribution in [1.82, 2.24) is 10.4 Å². The van der Waals surface area contributed by atoms with Gasteiger partial charge >= 0.3 is 7.82 Å². The molecule has 1 saturated carbocycles. The maximum atomic E-state index is 14.2. The zero-order valence-corrected chi connectivity index (χ0v) is 21.1. The number of phosphoric ester groups is 1. The molecule has 3 rings (SSSR count). The minimum absolute atomic E-state index is 0.0162. The molecule has 1 fully saturated rings. The van der Waals surface area contributed by atoms with Crippen LogP contribution in [-0.4, -0.2) is 69.9 Å². The van der Waals surface area contributed by atoms with Crippen molar-refractivity contribution in [2.24, 2.45) is 5.92 Å². The lowest BCUT2D eigenvalue weighted by atomic mass is 10.1. The lowest BCUT2D eigenvalue weighted by Crippen LogP contribution is -2.50. The van der Waals surface area contributed by atoms with E-state index in [1.54, 1.807) is 6.07 Å². The number of carbonyl (C=O) groups is 2. The van der Waals surface area contributed by atoms with Gasteiger partial charge in [0, 0.05) is 25.8 Å². The first kappa shape index (κ1) is 27.3. The molecule has 0 bridgehead atoms. The third kappa shape index (κ3) is 6.11. The number of rotatable bonds is 8. The Bertz CT molecular complexity index is 1330. The fraction of sp³-hybridized carbons (Fsp3) is 0.500. The summed E-state index contributed by atoms with van der Waals surface area (Å²) in [5.74, 6) is 8.23. The van der Waals surface area contributed by atoms with Gasteiger partial charge in [-0.3, -0.25) is 19.3 Å². The molecule has 0 aromatic carbocycles. The number of sulfone groups is 1. The maximum Gasteiger partial charge on any atom is 0.469 e. The minimum atomic E-state index is -4.76. The Morgan fingerprint density at radius 2 is 2.14 bits per heavy atom. The fourth-order valence-corrected chi connectivity index (χ4v) is 5.57. The molecule has 15 heteroatoms. The van der Waals surface area contributed by atoms with Crippen LogP contribution in [0.5, 0.6) is 0 Å². The molecule has 2 heterocycles. The molecule has 1 aromatic rings. The fourth-order valence-electron chi connectivity index (χ4n) is 3.35. The molecule has 190 valence electrons. The van der Waals surface area contributed by atoms with E-state index in [0.717, 1.165) is 17.6 Å². The van der Waals surface area contributed by atoms with Crippen LogP contribution in [0.3, 0.4) is 0 Å². The van der Waals surface area contributed by atoms with Crippen LogP contribution in [0.4, 0.5) is 4.39 Å². The largest absolute Gasteiger partial charge is 0.469 e. The van der Waals surface area contributed by atoms with E-state index in [1.165, 1.54) is 17.3 Å². The molecule has 4 N–H and O–H groups in total. The Morgan fingerprint density at radius 1 is 1.46 bits per heavy atom. The van der Waals surface area contributed by atoms with Gasteiger partial charge < -0.3 is 14.7 Å². The van der Waals surface area contributed by atoms with Crippen LogP contribution < -0.4 is 5.48 Å². The summed E-state index contributed by atoms with van der Waals surface area (Å²) in [7, 11) is -8.64. The van der Waals surface area contributed by atoms with Gasteiger partial charge in [-0.05, 0) is 42.7 Å². The molecule has 0 radical (unpaired) electrons. The molecule has 2 amide bonds. The number of nitrogens with zero attached hydrogens (tertiary/aromatic N) is 1. The third-order valence-electron chi connectivity index (χ3n) is 5.89. The number of alkyl halides is 1. The van der Waals surface area contributed by atoms with Crippen molar-refractivity contribution in [3.63, 3.8) is 0 Å². The predicted molar refractivity (Wildman–Crippen MR) is 121 cm³/mol. The van der Waals surface area contributed by atoms with Gasteiger partial charge in [-0.25, -0.2) is 22.9 Å². The monoisotopic (exact) mass is 548 g/mol.